The molecule has 3 atom stereocenters. The lowest BCUT2D eigenvalue weighted by Crippen LogP contribution is -2.35. The molecule has 1 saturated carbocycles. The zero-order chi connectivity index (χ0) is 11.4. The van der Waals surface area contributed by atoms with E-state index < -0.39 is 0 Å². The van der Waals surface area contributed by atoms with Gasteiger partial charge in [0.15, 0.2) is 0 Å². The SMILES string of the molecule is CC1CCCC(NC(C)c2cccnc2)C1. The molecule has 2 nitrogen and oxygen atoms in total. The predicted molar refractivity (Wildman–Crippen MR) is 67.2 cm³/mol. The van der Waals surface area contributed by atoms with Gasteiger partial charge in [-0.2, -0.15) is 0 Å². The minimum atomic E-state index is 0.420. The number of nitrogens with zero attached hydrogens (tertiary/aromatic N) is 1. The second kappa shape index (κ2) is 5.44. The van der Waals surface area contributed by atoms with Crippen molar-refractivity contribution >= 4 is 0 Å². The molecule has 0 spiro atoms. The third-order valence-electron chi connectivity index (χ3n) is 3.61. The van der Waals surface area contributed by atoms with E-state index >= 15 is 0 Å². The molecule has 88 valence electrons. The summed E-state index contributed by atoms with van der Waals surface area (Å²) in [5.74, 6) is 0.882. The first-order chi connectivity index (χ1) is 7.75. The van der Waals surface area contributed by atoms with Crippen LogP contribution in [0.15, 0.2) is 24.5 Å². The fourth-order valence-electron chi connectivity index (χ4n) is 2.67. The van der Waals surface area contributed by atoms with Crippen molar-refractivity contribution in [3.63, 3.8) is 0 Å². The normalized spacial score (nSPS) is 27.6. The molecule has 1 aromatic rings. The third kappa shape index (κ3) is 3.05. The van der Waals surface area contributed by atoms with Crippen LogP contribution in [0.2, 0.25) is 0 Å². The van der Waals surface area contributed by atoms with Crippen molar-refractivity contribution in [2.75, 3.05) is 0 Å². The summed E-state index contributed by atoms with van der Waals surface area (Å²) in [6.07, 6.45) is 9.22. The number of nitrogens with one attached hydrogen (secondary N) is 1. The van der Waals surface area contributed by atoms with Crippen LogP contribution in [-0.4, -0.2) is 11.0 Å². The lowest BCUT2D eigenvalue weighted by atomic mass is 9.86. The minimum Gasteiger partial charge on any atom is -0.307 e. The van der Waals surface area contributed by atoms with Crippen molar-refractivity contribution in [2.24, 2.45) is 5.92 Å². The highest BCUT2D eigenvalue weighted by molar-refractivity contribution is 5.13. The highest BCUT2D eigenvalue weighted by Crippen LogP contribution is 2.25. The Balaban J connectivity index is 1.89. The quantitative estimate of drug-likeness (QED) is 0.842. The maximum Gasteiger partial charge on any atom is 0.0315 e. The van der Waals surface area contributed by atoms with Gasteiger partial charge in [-0.3, -0.25) is 4.98 Å². The molecule has 16 heavy (non-hydrogen) atoms. The van der Waals surface area contributed by atoms with Gasteiger partial charge in [0.2, 0.25) is 0 Å². The number of hydrogen-bond donors (Lipinski definition) is 1. The molecule has 3 unspecified atom stereocenters. The van der Waals surface area contributed by atoms with Gasteiger partial charge in [-0.1, -0.05) is 25.8 Å². The van der Waals surface area contributed by atoms with Crippen molar-refractivity contribution in [2.45, 2.75) is 51.6 Å². The van der Waals surface area contributed by atoms with Crippen molar-refractivity contribution in [1.29, 1.82) is 0 Å². The fourth-order valence-corrected chi connectivity index (χ4v) is 2.67. The molecule has 1 aliphatic rings. The van der Waals surface area contributed by atoms with Gasteiger partial charge in [-0.05, 0) is 37.3 Å². The Morgan fingerprint density at radius 3 is 3.00 bits per heavy atom. The van der Waals surface area contributed by atoms with Crippen LogP contribution in [0, 0.1) is 5.92 Å². The van der Waals surface area contributed by atoms with E-state index in [2.05, 4.69) is 30.2 Å². The van der Waals surface area contributed by atoms with Crippen LogP contribution in [0.4, 0.5) is 0 Å². The summed E-state index contributed by atoms with van der Waals surface area (Å²) in [6.45, 7) is 4.60. The number of aromatic nitrogens is 1. The summed E-state index contributed by atoms with van der Waals surface area (Å²) in [7, 11) is 0. The summed E-state index contributed by atoms with van der Waals surface area (Å²) in [4.78, 5) is 4.17. The zero-order valence-electron chi connectivity index (χ0n) is 10.3. The average molecular weight is 218 g/mol. The third-order valence-corrected chi connectivity index (χ3v) is 3.61. The van der Waals surface area contributed by atoms with E-state index in [0.29, 0.717) is 12.1 Å². The Bertz CT molecular complexity index is 310. The molecule has 0 radical (unpaired) electrons. The van der Waals surface area contributed by atoms with E-state index in [9.17, 15) is 0 Å². The summed E-state index contributed by atoms with van der Waals surface area (Å²) in [6, 6.07) is 5.27. The van der Waals surface area contributed by atoms with Crippen LogP contribution in [0.3, 0.4) is 0 Å². The Morgan fingerprint density at radius 1 is 1.44 bits per heavy atom. The molecule has 1 heterocycles. The predicted octanol–water partition coefficient (Wildman–Crippen LogP) is 3.31. The lowest BCUT2D eigenvalue weighted by Gasteiger charge is -2.30. The number of hydrogen-bond acceptors (Lipinski definition) is 2. The topological polar surface area (TPSA) is 24.9 Å². The number of pyridine rings is 1. The Morgan fingerprint density at radius 2 is 2.31 bits per heavy atom. The summed E-state index contributed by atoms with van der Waals surface area (Å²) in [5.41, 5.74) is 1.29. The molecule has 1 aromatic heterocycles. The van der Waals surface area contributed by atoms with E-state index in [1.54, 1.807) is 0 Å². The van der Waals surface area contributed by atoms with Crippen LogP contribution < -0.4 is 5.32 Å². The van der Waals surface area contributed by atoms with Crippen LogP contribution in [-0.2, 0) is 0 Å². The Labute approximate surface area is 98.5 Å². The Hall–Kier alpha value is -0.890. The van der Waals surface area contributed by atoms with Gasteiger partial charge in [-0.25, -0.2) is 0 Å². The van der Waals surface area contributed by atoms with Gasteiger partial charge in [0.25, 0.3) is 0 Å². The lowest BCUT2D eigenvalue weighted by molar-refractivity contribution is 0.285. The molecule has 0 aliphatic heterocycles. The highest BCUT2D eigenvalue weighted by Gasteiger charge is 2.20. The molecule has 1 N–H and O–H groups in total. The van der Waals surface area contributed by atoms with Gasteiger partial charge < -0.3 is 5.32 Å². The molecule has 0 bridgehead atoms. The first-order valence-corrected chi connectivity index (χ1v) is 6.41. The number of rotatable bonds is 3. The average Bonchev–Trinajstić information content (AvgIpc) is 2.30. The van der Waals surface area contributed by atoms with Crippen molar-refractivity contribution in [3.8, 4) is 0 Å². The van der Waals surface area contributed by atoms with Gasteiger partial charge in [-0.15, -0.1) is 0 Å². The molecule has 0 amide bonds. The van der Waals surface area contributed by atoms with Gasteiger partial charge in [0.05, 0.1) is 0 Å². The van der Waals surface area contributed by atoms with E-state index in [1.165, 1.54) is 31.2 Å². The molecule has 1 aliphatic carbocycles. The van der Waals surface area contributed by atoms with Crippen LogP contribution >= 0.6 is 0 Å². The monoisotopic (exact) mass is 218 g/mol. The first-order valence-electron chi connectivity index (χ1n) is 6.41. The fraction of sp³-hybridized carbons (Fsp3) is 0.643. The van der Waals surface area contributed by atoms with E-state index in [4.69, 9.17) is 0 Å². The van der Waals surface area contributed by atoms with Crippen LogP contribution in [0.25, 0.3) is 0 Å². The second-order valence-corrected chi connectivity index (χ2v) is 5.14. The highest BCUT2D eigenvalue weighted by atomic mass is 14.9. The molecule has 0 aromatic carbocycles. The maximum atomic E-state index is 4.17. The molecule has 2 rings (SSSR count). The maximum absolute atomic E-state index is 4.17. The summed E-state index contributed by atoms with van der Waals surface area (Å²) < 4.78 is 0. The smallest absolute Gasteiger partial charge is 0.0315 e. The minimum absolute atomic E-state index is 0.420. The van der Waals surface area contributed by atoms with E-state index in [-0.39, 0.29) is 0 Å². The van der Waals surface area contributed by atoms with Gasteiger partial charge in [0.1, 0.15) is 0 Å². The second-order valence-electron chi connectivity index (χ2n) is 5.14. The summed E-state index contributed by atoms with van der Waals surface area (Å²) >= 11 is 0. The molecule has 2 heteroatoms. The van der Waals surface area contributed by atoms with Crippen LogP contribution in [0.5, 0.6) is 0 Å². The molecular formula is C14H22N2. The zero-order valence-corrected chi connectivity index (χ0v) is 10.3. The van der Waals surface area contributed by atoms with Crippen molar-refractivity contribution in [1.82, 2.24) is 10.3 Å². The molecule has 0 saturated heterocycles. The van der Waals surface area contributed by atoms with Gasteiger partial charge >= 0.3 is 0 Å². The van der Waals surface area contributed by atoms with Crippen LogP contribution in [0.1, 0.15) is 51.1 Å². The van der Waals surface area contributed by atoms with Crippen molar-refractivity contribution in [3.05, 3.63) is 30.1 Å². The molecule has 1 fully saturated rings. The first kappa shape index (κ1) is 11.6. The van der Waals surface area contributed by atoms with Gasteiger partial charge in [0, 0.05) is 24.5 Å². The molecular weight excluding hydrogens is 196 g/mol. The van der Waals surface area contributed by atoms with E-state index in [0.717, 1.165) is 5.92 Å². The Kier molecular flexibility index (Phi) is 3.94. The van der Waals surface area contributed by atoms with Crippen molar-refractivity contribution < 1.29 is 0 Å². The standard InChI is InChI=1S/C14H22N2/c1-11-5-3-7-14(9-11)16-12(2)13-6-4-8-15-10-13/h4,6,8,10-12,14,16H,3,5,7,9H2,1-2H3. The largest absolute Gasteiger partial charge is 0.307 e. The van der Waals surface area contributed by atoms with E-state index in [1.807, 2.05) is 18.5 Å². The summed E-state index contributed by atoms with van der Waals surface area (Å²) in [5, 5.41) is 3.73.